The fraction of sp³-hybridized carbons (Fsp3) is 0.462. The lowest BCUT2D eigenvalue weighted by Gasteiger charge is -2.39. The maximum Gasteiger partial charge on any atom is 0.317 e. The monoisotopic (exact) mass is 236 g/mol. The summed E-state index contributed by atoms with van der Waals surface area (Å²) in [5.41, 5.74) is 0.744. The normalized spacial score (nSPS) is 15.5. The number of hydrogen-bond donors (Lipinski definition) is 1. The SMILES string of the molecule is CCNC(=O)N1CC(Cc2ccccc2F)C1. The van der Waals surface area contributed by atoms with Gasteiger partial charge in [-0.3, -0.25) is 0 Å². The Bertz CT molecular complexity index is 402. The van der Waals surface area contributed by atoms with Gasteiger partial charge in [0.25, 0.3) is 0 Å². The third-order valence-electron chi connectivity index (χ3n) is 3.04. The van der Waals surface area contributed by atoms with E-state index in [1.807, 2.05) is 19.1 Å². The van der Waals surface area contributed by atoms with Crippen molar-refractivity contribution >= 4 is 6.03 Å². The summed E-state index contributed by atoms with van der Waals surface area (Å²) in [5, 5.41) is 2.76. The third-order valence-corrected chi connectivity index (χ3v) is 3.04. The molecule has 0 spiro atoms. The second kappa shape index (κ2) is 5.17. The minimum Gasteiger partial charge on any atom is -0.338 e. The van der Waals surface area contributed by atoms with Crippen LogP contribution in [0.25, 0.3) is 0 Å². The Morgan fingerprint density at radius 3 is 2.82 bits per heavy atom. The number of nitrogens with zero attached hydrogens (tertiary/aromatic N) is 1. The highest BCUT2D eigenvalue weighted by molar-refractivity contribution is 5.74. The first-order valence-electron chi connectivity index (χ1n) is 5.97. The van der Waals surface area contributed by atoms with Crippen molar-refractivity contribution in [3.63, 3.8) is 0 Å². The predicted octanol–water partition coefficient (Wildman–Crippen LogP) is 2.03. The van der Waals surface area contributed by atoms with Crippen LogP contribution in [0.4, 0.5) is 9.18 Å². The molecule has 1 N–H and O–H groups in total. The van der Waals surface area contributed by atoms with Crippen molar-refractivity contribution < 1.29 is 9.18 Å². The van der Waals surface area contributed by atoms with Gasteiger partial charge in [0.05, 0.1) is 0 Å². The Morgan fingerprint density at radius 1 is 1.47 bits per heavy atom. The van der Waals surface area contributed by atoms with Crippen LogP contribution in [0.5, 0.6) is 0 Å². The Morgan fingerprint density at radius 2 is 2.18 bits per heavy atom. The number of urea groups is 1. The first-order chi connectivity index (χ1) is 8.20. The van der Waals surface area contributed by atoms with Crippen LogP contribution >= 0.6 is 0 Å². The number of amides is 2. The summed E-state index contributed by atoms with van der Waals surface area (Å²) in [6, 6.07) is 6.82. The molecule has 0 saturated carbocycles. The average molecular weight is 236 g/mol. The lowest BCUT2D eigenvalue weighted by atomic mass is 9.92. The van der Waals surface area contributed by atoms with Crippen molar-refractivity contribution in [3.05, 3.63) is 35.6 Å². The van der Waals surface area contributed by atoms with Gasteiger partial charge in [-0.1, -0.05) is 18.2 Å². The molecule has 92 valence electrons. The quantitative estimate of drug-likeness (QED) is 0.855. The van der Waals surface area contributed by atoms with Gasteiger partial charge in [-0.05, 0) is 30.9 Å². The number of halogens is 1. The van der Waals surface area contributed by atoms with Crippen LogP contribution in [0.15, 0.2) is 24.3 Å². The second-order valence-electron chi connectivity index (χ2n) is 4.40. The number of nitrogens with one attached hydrogen (secondary N) is 1. The Hall–Kier alpha value is -1.58. The molecule has 0 aromatic heterocycles. The zero-order chi connectivity index (χ0) is 12.3. The zero-order valence-electron chi connectivity index (χ0n) is 9.95. The number of likely N-dealkylation sites (tertiary alicyclic amines) is 1. The largest absolute Gasteiger partial charge is 0.338 e. The molecule has 1 heterocycles. The van der Waals surface area contributed by atoms with Crippen molar-refractivity contribution in [1.29, 1.82) is 0 Å². The van der Waals surface area contributed by atoms with Gasteiger partial charge in [0, 0.05) is 19.6 Å². The molecule has 2 amide bonds. The number of hydrogen-bond acceptors (Lipinski definition) is 1. The molecule has 1 aromatic rings. The van der Waals surface area contributed by atoms with Crippen molar-refractivity contribution in [1.82, 2.24) is 10.2 Å². The van der Waals surface area contributed by atoms with Crippen LogP contribution in [0.3, 0.4) is 0 Å². The minimum absolute atomic E-state index is 0.0164. The van der Waals surface area contributed by atoms with E-state index in [-0.39, 0.29) is 11.8 Å². The lowest BCUT2D eigenvalue weighted by Crippen LogP contribution is -2.54. The summed E-state index contributed by atoms with van der Waals surface area (Å²) in [5.74, 6) is 0.235. The van der Waals surface area contributed by atoms with E-state index in [1.54, 1.807) is 11.0 Å². The summed E-state index contributed by atoms with van der Waals surface area (Å²) < 4.78 is 13.4. The number of rotatable bonds is 3. The standard InChI is InChI=1S/C13H17FN2O/c1-2-15-13(17)16-8-10(9-16)7-11-5-3-4-6-12(11)14/h3-6,10H,2,7-9H2,1H3,(H,15,17). The topological polar surface area (TPSA) is 32.3 Å². The summed E-state index contributed by atoms with van der Waals surface area (Å²) >= 11 is 0. The summed E-state index contributed by atoms with van der Waals surface area (Å²) in [6.45, 7) is 3.99. The number of benzene rings is 1. The van der Waals surface area contributed by atoms with Crippen LogP contribution < -0.4 is 5.32 Å². The molecule has 0 unspecified atom stereocenters. The number of carbonyl (C=O) groups is 1. The molecule has 17 heavy (non-hydrogen) atoms. The first-order valence-corrected chi connectivity index (χ1v) is 5.97. The number of carbonyl (C=O) groups excluding carboxylic acids is 1. The summed E-state index contributed by atoms with van der Waals surface area (Å²) in [6.07, 6.45) is 0.711. The Labute approximate surface area is 101 Å². The van der Waals surface area contributed by atoms with Gasteiger partial charge in [0.2, 0.25) is 0 Å². The molecule has 0 radical (unpaired) electrons. The molecule has 0 bridgehead atoms. The highest BCUT2D eigenvalue weighted by Gasteiger charge is 2.30. The van der Waals surface area contributed by atoms with Gasteiger partial charge in [0.1, 0.15) is 5.82 Å². The highest BCUT2D eigenvalue weighted by atomic mass is 19.1. The van der Waals surface area contributed by atoms with Gasteiger partial charge >= 0.3 is 6.03 Å². The predicted molar refractivity (Wildman–Crippen MR) is 64.2 cm³/mol. The van der Waals surface area contributed by atoms with E-state index in [0.29, 0.717) is 18.9 Å². The van der Waals surface area contributed by atoms with Crippen LogP contribution in [0.1, 0.15) is 12.5 Å². The van der Waals surface area contributed by atoms with Crippen LogP contribution in [0, 0.1) is 11.7 Å². The maximum absolute atomic E-state index is 13.4. The maximum atomic E-state index is 13.4. The van der Waals surface area contributed by atoms with Crippen molar-refractivity contribution in [2.75, 3.05) is 19.6 Å². The van der Waals surface area contributed by atoms with Crippen LogP contribution in [-0.4, -0.2) is 30.6 Å². The minimum atomic E-state index is -0.149. The molecular weight excluding hydrogens is 219 g/mol. The highest BCUT2D eigenvalue weighted by Crippen LogP contribution is 2.21. The molecule has 1 aliphatic heterocycles. The van der Waals surface area contributed by atoms with Crippen LogP contribution in [-0.2, 0) is 6.42 Å². The molecule has 1 aliphatic rings. The summed E-state index contributed by atoms with van der Waals surface area (Å²) in [7, 11) is 0. The second-order valence-corrected chi connectivity index (χ2v) is 4.40. The zero-order valence-corrected chi connectivity index (χ0v) is 9.95. The molecule has 2 rings (SSSR count). The molecule has 0 atom stereocenters. The summed E-state index contributed by atoms with van der Waals surface area (Å²) in [4.78, 5) is 13.2. The van der Waals surface area contributed by atoms with Crippen molar-refractivity contribution in [2.45, 2.75) is 13.3 Å². The van der Waals surface area contributed by atoms with E-state index < -0.39 is 0 Å². The molecule has 1 fully saturated rings. The van der Waals surface area contributed by atoms with Crippen molar-refractivity contribution in [2.24, 2.45) is 5.92 Å². The molecule has 1 saturated heterocycles. The lowest BCUT2D eigenvalue weighted by molar-refractivity contribution is 0.120. The third kappa shape index (κ3) is 2.75. The Balaban J connectivity index is 1.81. The van der Waals surface area contributed by atoms with E-state index in [1.165, 1.54) is 6.07 Å². The van der Waals surface area contributed by atoms with Crippen LogP contribution in [0.2, 0.25) is 0 Å². The van der Waals surface area contributed by atoms with Gasteiger partial charge in [0.15, 0.2) is 0 Å². The van der Waals surface area contributed by atoms with E-state index in [0.717, 1.165) is 18.7 Å². The molecule has 3 nitrogen and oxygen atoms in total. The first kappa shape index (κ1) is 11.9. The molecular formula is C13H17FN2O. The van der Waals surface area contributed by atoms with E-state index >= 15 is 0 Å². The smallest absolute Gasteiger partial charge is 0.317 e. The molecule has 1 aromatic carbocycles. The fourth-order valence-corrected chi connectivity index (χ4v) is 2.10. The van der Waals surface area contributed by atoms with Gasteiger partial charge in [-0.2, -0.15) is 0 Å². The fourth-order valence-electron chi connectivity index (χ4n) is 2.10. The molecule has 0 aliphatic carbocycles. The van der Waals surface area contributed by atoms with Gasteiger partial charge < -0.3 is 10.2 Å². The Kier molecular flexibility index (Phi) is 3.61. The van der Waals surface area contributed by atoms with Gasteiger partial charge in [-0.25, -0.2) is 9.18 Å². The average Bonchev–Trinajstić information content (AvgIpc) is 2.25. The van der Waals surface area contributed by atoms with Crippen molar-refractivity contribution in [3.8, 4) is 0 Å². The van der Waals surface area contributed by atoms with E-state index in [9.17, 15) is 9.18 Å². The molecule has 4 heteroatoms. The van der Waals surface area contributed by atoms with E-state index in [2.05, 4.69) is 5.32 Å². The van der Waals surface area contributed by atoms with E-state index in [4.69, 9.17) is 0 Å². The van der Waals surface area contributed by atoms with Gasteiger partial charge in [-0.15, -0.1) is 0 Å².